The number of hydrazine groups is 1. The van der Waals surface area contributed by atoms with Gasteiger partial charge in [-0.1, -0.05) is 6.92 Å². The third-order valence-corrected chi connectivity index (χ3v) is 2.41. The Bertz CT molecular complexity index is 379. The maximum absolute atomic E-state index is 13.4. The molecule has 0 aliphatic heterocycles. The molecule has 6 heteroatoms. The summed E-state index contributed by atoms with van der Waals surface area (Å²) in [6.07, 6.45) is 0.775. The van der Waals surface area contributed by atoms with Gasteiger partial charge in [0, 0.05) is 11.6 Å². The van der Waals surface area contributed by atoms with Crippen molar-refractivity contribution >= 4 is 11.6 Å². The van der Waals surface area contributed by atoms with Crippen LogP contribution in [-0.2, 0) is 0 Å². The van der Waals surface area contributed by atoms with Gasteiger partial charge in [-0.3, -0.25) is 0 Å². The van der Waals surface area contributed by atoms with E-state index in [1.807, 2.05) is 20.8 Å². The van der Waals surface area contributed by atoms with Crippen LogP contribution < -0.4 is 16.6 Å². The van der Waals surface area contributed by atoms with E-state index in [-0.39, 0.29) is 17.2 Å². The standard InChI is InChI=1S/C10H16F2N4/c1-4-10(2,3)15-8-6(11)5-7(12)9(14-8)16-13/h5H,4,13H2,1-3H3,(H2,14,15,16). The van der Waals surface area contributed by atoms with Gasteiger partial charge in [-0.25, -0.2) is 19.6 Å². The normalized spacial score (nSPS) is 11.4. The van der Waals surface area contributed by atoms with Crippen molar-refractivity contribution in [2.75, 3.05) is 10.7 Å². The van der Waals surface area contributed by atoms with Crippen LogP contribution in [0.1, 0.15) is 27.2 Å². The number of nitrogens with one attached hydrogen (secondary N) is 2. The summed E-state index contributed by atoms with van der Waals surface area (Å²) in [6.45, 7) is 5.75. The second-order valence-electron chi connectivity index (χ2n) is 4.16. The molecule has 0 fully saturated rings. The molecule has 0 aliphatic carbocycles. The number of halogens is 2. The summed E-state index contributed by atoms with van der Waals surface area (Å²) < 4.78 is 26.5. The van der Waals surface area contributed by atoms with Crippen molar-refractivity contribution in [3.63, 3.8) is 0 Å². The lowest BCUT2D eigenvalue weighted by Gasteiger charge is -2.25. The van der Waals surface area contributed by atoms with Gasteiger partial charge in [0.1, 0.15) is 0 Å². The van der Waals surface area contributed by atoms with Crippen LogP contribution in [0.3, 0.4) is 0 Å². The van der Waals surface area contributed by atoms with E-state index in [2.05, 4.69) is 15.7 Å². The molecule has 1 rings (SSSR count). The van der Waals surface area contributed by atoms with Crippen molar-refractivity contribution in [1.29, 1.82) is 0 Å². The first-order chi connectivity index (χ1) is 7.39. The number of aromatic nitrogens is 1. The van der Waals surface area contributed by atoms with Crippen LogP contribution in [0.4, 0.5) is 20.4 Å². The Kier molecular flexibility index (Phi) is 3.64. The second kappa shape index (κ2) is 4.61. The minimum Gasteiger partial charge on any atom is -0.363 e. The maximum Gasteiger partial charge on any atom is 0.178 e. The largest absolute Gasteiger partial charge is 0.363 e. The van der Waals surface area contributed by atoms with Crippen molar-refractivity contribution in [2.45, 2.75) is 32.7 Å². The molecule has 0 unspecified atom stereocenters. The fourth-order valence-corrected chi connectivity index (χ4v) is 1.06. The summed E-state index contributed by atoms with van der Waals surface area (Å²) >= 11 is 0. The molecule has 0 radical (unpaired) electrons. The molecule has 1 aromatic heterocycles. The van der Waals surface area contributed by atoms with E-state index in [0.717, 1.165) is 12.5 Å². The monoisotopic (exact) mass is 230 g/mol. The molecule has 0 aromatic carbocycles. The number of rotatable bonds is 4. The molecular formula is C10H16F2N4. The van der Waals surface area contributed by atoms with Crippen LogP contribution in [0.15, 0.2) is 6.07 Å². The summed E-state index contributed by atoms with van der Waals surface area (Å²) in [6, 6.07) is 0.746. The SMILES string of the molecule is CCC(C)(C)Nc1nc(NN)c(F)cc1F. The van der Waals surface area contributed by atoms with E-state index in [9.17, 15) is 8.78 Å². The minimum atomic E-state index is -0.820. The first-order valence-electron chi connectivity index (χ1n) is 5.00. The van der Waals surface area contributed by atoms with Crippen LogP contribution in [-0.4, -0.2) is 10.5 Å². The molecule has 0 atom stereocenters. The van der Waals surface area contributed by atoms with Gasteiger partial charge in [-0.05, 0) is 20.3 Å². The Hall–Kier alpha value is -1.43. The Labute approximate surface area is 93.2 Å². The molecular weight excluding hydrogens is 214 g/mol. The Morgan fingerprint density at radius 1 is 1.31 bits per heavy atom. The summed E-state index contributed by atoms with van der Waals surface area (Å²) in [5.41, 5.74) is 1.75. The van der Waals surface area contributed by atoms with Gasteiger partial charge in [0.15, 0.2) is 23.3 Å². The highest BCUT2D eigenvalue weighted by atomic mass is 19.1. The summed E-state index contributed by atoms with van der Waals surface area (Å²) in [4.78, 5) is 3.73. The van der Waals surface area contributed by atoms with Gasteiger partial charge in [-0.2, -0.15) is 0 Å². The molecule has 0 bridgehead atoms. The van der Waals surface area contributed by atoms with Crippen LogP contribution in [0.5, 0.6) is 0 Å². The van der Waals surface area contributed by atoms with Crippen molar-refractivity contribution < 1.29 is 8.78 Å². The van der Waals surface area contributed by atoms with E-state index in [1.165, 1.54) is 0 Å². The molecule has 0 saturated heterocycles. The lowest BCUT2D eigenvalue weighted by atomic mass is 10.0. The van der Waals surface area contributed by atoms with Crippen molar-refractivity contribution in [2.24, 2.45) is 5.84 Å². The fraction of sp³-hybridized carbons (Fsp3) is 0.500. The third kappa shape index (κ3) is 2.79. The summed E-state index contributed by atoms with van der Waals surface area (Å²) in [5.74, 6) is 3.31. The van der Waals surface area contributed by atoms with Crippen molar-refractivity contribution in [3.8, 4) is 0 Å². The molecule has 16 heavy (non-hydrogen) atoms. The number of pyridine rings is 1. The van der Waals surface area contributed by atoms with E-state index in [0.29, 0.717) is 0 Å². The van der Waals surface area contributed by atoms with Crippen LogP contribution >= 0.6 is 0 Å². The number of hydrogen-bond acceptors (Lipinski definition) is 4. The molecule has 0 spiro atoms. The molecule has 0 amide bonds. The molecule has 90 valence electrons. The van der Waals surface area contributed by atoms with E-state index >= 15 is 0 Å². The Morgan fingerprint density at radius 3 is 2.38 bits per heavy atom. The predicted octanol–water partition coefficient (Wildman–Crippen LogP) is 2.25. The smallest absolute Gasteiger partial charge is 0.178 e. The van der Waals surface area contributed by atoms with Gasteiger partial charge in [0.25, 0.3) is 0 Å². The Morgan fingerprint density at radius 2 is 1.88 bits per heavy atom. The minimum absolute atomic E-state index is 0.0128. The van der Waals surface area contributed by atoms with E-state index in [4.69, 9.17) is 5.84 Å². The first kappa shape index (κ1) is 12.6. The van der Waals surface area contributed by atoms with Gasteiger partial charge in [0.05, 0.1) is 0 Å². The average molecular weight is 230 g/mol. The molecule has 1 aromatic rings. The highest BCUT2D eigenvalue weighted by molar-refractivity contribution is 5.48. The van der Waals surface area contributed by atoms with Crippen molar-refractivity contribution in [3.05, 3.63) is 17.7 Å². The summed E-state index contributed by atoms with van der Waals surface area (Å²) in [5, 5.41) is 2.89. The van der Waals surface area contributed by atoms with Gasteiger partial charge >= 0.3 is 0 Å². The summed E-state index contributed by atoms with van der Waals surface area (Å²) in [7, 11) is 0. The van der Waals surface area contributed by atoms with Crippen molar-refractivity contribution in [1.82, 2.24) is 4.98 Å². The predicted molar refractivity (Wildman–Crippen MR) is 60.0 cm³/mol. The lowest BCUT2D eigenvalue weighted by Crippen LogP contribution is -2.31. The molecule has 4 N–H and O–H groups in total. The van der Waals surface area contributed by atoms with E-state index in [1.54, 1.807) is 0 Å². The molecule has 1 heterocycles. The van der Waals surface area contributed by atoms with Crippen LogP contribution in [0.2, 0.25) is 0 Å². The zero-order valence-corrected chi connectivity index (χ0v) is 9.56. The van der Waals surface area contributed by atoms with Gasteiger partial charge in [-0.15, -0.1) is 0 Å². The first-order valence-corrected chi connectivity index (χ1v) is 5.00. The van der Waals surface area contributed by atoms with Gasteiger partial charge in [0.2, 0.25) is 0 Å². The van der Waals surface area contributed by atoms with Crippen LogP contribution in [0, 0.1) is 11.6 Å². The number of nitrogens with two attached hydrogens (primary N) is 1. The lowest BCUT2D eigenvalue weighted by molar-refractivity contribution is 0.527. The molecule has 4 nitrogen and oxygen atoms in total. The highest BCUT2D eigenvalue weighted by Crippen LogP contribution is 2.22. The molecule has 0 saturated carbocycles. The van der Waals surface area contributed by atoms with Crippen LogP contribution in [0.25, 0.3) is 0 Å². The zero-order chi connectivity index (χ0) is 12.3. The zero-order valence-electron chi connectivity index (χ0n) is 9.56. The fourth-order valence-electron chi connectivity index (χ4n) is 1.06. The highest BCUT2D eigenvalue weighted by Gasteiger charge is 2.19. The van der Waals surface area contributed by atoms with Gasteiger partial charge < -0.3 is 10.7 Å². The number of hydrogen-bond donors (Lipinski definition) is 3. The topological polar surface area (TPSA) is 63.0 Å². The Balaban J connectivity index is 3.05. The third-order valence-electron chi connectivity index (χ3n) is 2.41. The van der Waals surface area contributed by atoms with E-state index < -0.39 is 11.6 Å². The second-order valence-corrected chi connectivity index (χ2v) is 4.16. The number of nitrogen functional groups attached to an aromatic ring is 1. The number of nitrogens with zero attached hydrogens (tertiary/aromatic N) is 1. The molecule has 0 aliphatic rings. The maximum atomic E-state index is 13.4. The quantitative estimate of drug-likeness (QED) is 0.548. The number of anilines is 2. The average Bonchev–Trinajstić information content (AvgIpc) is 2.22.